The number of rotatable bonds is 6. The molecule has 0 aromatic carbocycles. The Morgan fingerprint density at radius 2 is 1.63 bits per heavy atom. The highest BCUT2D eigenvalue weighted by atomic mass is 16.5. The molecule has 1 fully saturated rings. The molecule has 0 saturated carbocycles. The van der Waals surface area contributed by atoms with Crippen LogP contribution in [-0.2, 0) is 4.74 Å². The number of nitrogens with zero attached hydrogens (tertiary/aromatic N) is 1. The SMILES string of the molecule is CCCC(C)NCC(C)N1CC(C)(C)OC(C)(C)C1. The van der Waals surface area contributed by atoms with E-state index in [0.717, 1.165) is 19.6 Å². The molecule has 0 aromatic heterocycles. The Morgan fingerprint density at radius 3 is 2.11 bits per heavy atom. The van der Waals surface area contributed by atoms with Crippen LogP contribution in [0.15, 0.2) is 0 Å². The molecule has 19 heavy (non-hydrogen) atoms. The molecular formula is C16H34N2O. The van der Waals surface area contributed by atoms with Gasteiger partial charge in [-0.25, -0.2) is 0 Å². The molecule has 2 atom stereocenters. The molecule has 0 radical (unpaired) electrons. The number of hydrogen-bond acceptors (Lipinski definition) is 3. The lowest BCUT2D eigenvalue weighted by Crippen LogP contribution is -2.60. The normalized spacial score (nSPS) is 26.1. The first-order valence-electron chi connectivity index (χ1n) is 7.83. The summed E-state index contributed by atoms with van der Waals surface area (Å²) in [4.78, 5) is 2.56. The Balaban J connectivity index is 2.49. The molecule has 1 aliphatic rings. The summed E-state index contributed by atoms with van der Waals surface area (Å²) in [5.74, 6) is 0. The maximum absolute atomic E-state index is 6.14. The van der Waals surface area contributed by atoms with Gasteiger partial charge in [0.05, 0.1) is 11.2 Å². The van der Waals surface area contributed by atoms with Crippen LogP contribution in [0.2, 0.25) is 0 Å². The highest BCUT2D eigenvalue weighted by Gasteiger charge is 2.39. The van der Waals surface area contributed by atoms with Crippen molar-refractivity contribution in [2.75, 3.05) is 19.6 Å². The average molecular weight is 270 g/mol. The van der Waals surface area contributed by atoms with E-state index in [4.69, 9.17) is 4.74 Å². The van der Waals surface area contributed by atoms with Crippen LogP contribution in [0.5, 0.6) is 0 Å². The average Bonchev–Trinajstić information content (AvgIpc) is 2.22. The van der Waals surface area contributed by atoms with Crippen molar-refractivity contribution in [1.82, 2.24) is 10.2 Å². The molecule has 0 amide bonds. The fraction of sp³-hybridized carbons (Fsp3) is 1.00. The van der Waals surface area contributed by atoms with E-state index in [2.05, 4.69) is 58.7 Å². The fourth-order valence-electron chi connectivity index (χ4n) is 3.19. The van der Waals surface area contributed by atoms with Crippen LogP contribution in [0.1, 0.15) is 61.3 Å². The standard InChI is InChI=1S/C16H34N2O/c1-8-9-13(2)17-10-14(3)18-11-15(4,5)19-16(6,7)12-18/h13-14,17H,8-12H2,1-7H3. The number of hydrogen-bond donors (Lipinski definition) is 1. The van der Waals surface area contributed by atoms with Crippen LogP contribution in [0.3, 0.4) is 0 Å². The first kappa shape index (κ1) is 16.9. The third kappa shape index (κ3) is 5.80. The summed E-state index contributed by atoms with van der Waals surface area (Å²) >= 11 is 0. The van der Waals surface area contributed by atoms with Crippen molar-refractivity contribution in [2.45, 2.75) is 84.6 Å². The Bertz CT molecular complexity index is 260. The van der Waals surface area contributed by atoms with Crippen LogP contribution in [0, 0.1) is 0 Å². The third-order valence-corrected chi connectivity index (χ3v) is 3.83. The van der Waals surface area contributed by atoms with Crippen molar-refractivity contribution in [3.8, 4) is 0 Å². The number of morpholine rings is 1. The fourth-order valence-corrected chi connectivity index (χ4v) is 3.19. The van der Waals surface area contributed by atoms with E-state index in [0.29, 0.717) is 12.1 Å². The Morgan fingerprint density at radius 1 is 1.11 bits per heavy atom. The maximum atomic E-state index is 6.14. The van der Waals surface area contributed by atoms with Gasteiger partial charge in [-0.3, -0.25) is 4.90 Å². The zero-order valence-electron chi connectivity index (χ0n) is 14.0. The molecule has 3 nitrogen and oxygen atoms in total. The van der Waals surface area contributed by atoms with E-state index in [1.165, 1.54) is 12.8 Å². The molecule has 1 heterocycles. The third-order valence-electron chi connectivity index (χ3n) is 3.83. The predicted octanol–water partition coefficient (Wildman–Crippen LogP) is 3.04. The molecule has 1 aliphatic heterocycles. The second kappa shape index (κ2) is 6.55. The smallest absolute Gasteiger partial charge is 0.0760 e. The molecule has 1 N–H and O–H groups in total. The molecule has 0 aliphatic carbocycles. The van der Waals surface area contributed by atoms with Gasteiger partial charge in [-0.1, -0.05) is 13.3 Å². The van der Waals surface area contributed by atoms with Crippen LogP contribution in [0.4, 0.5) is 0 Å². The van der Waals surface area contributed by atoms with Gasteiger partial charge < -0.3 is 10.1 Å². The summed E-state index contributed by atoms with van der Waals surface area (Å²) in [5, 5.41) is 3.65. The minimum atomic E-state index is -0.0506. The van der Waals surface area contributed by atoms with Crippen LogP contribution < -0.4 is 5.32 Å². The van der Waals surface area contributed by atoms with Gasteiger partial charge in [0.15, 0.2) is 0 Å². The van der Waals surface area contributed by atoms with Gasteiger partial charge in [-0.05, 0) is 48.0 Å². The van der Waals surface area contributed by atoms with E-state index in [9.17, 15) is 0 Å². The van der Waals surface area contributed by atoms with E-state index < -0.39 is 0 Å². The van der Waals surface area contributed by atoms with Crippen molar-refractivity contribution >= 4 is 0 Å². The van der Waals surface area contributed by atoms with Crippen LogP contribution in [-0.4, -0.2) is 47.8 Å². The molecule has 114 valence electrons. The van der Waals surface area contributed by atoms with E-state index in [1.807, 2.05) is 0 Å². The van der Waals surface area contributed by atoms with Gasteiger partial charge in [0, 0.05) is 31.7 Å². The van der Waals surface area contributed by atoms with Crippen molar-refractivity contribution in [2.24, 2.45) is 0 Å². The maximum Gasteiger partial charge on any atom is 0.0760 e. The van der Waals surface area contributed by atoms with Gasteiger partial charge in [0.2, 0.25) is 0 Å². The molecule has 3 heteroatoms. The van der Waals surface area contributed by atoms with Gasteiger partial charge in [-0.2, -0.15) is 0 Å². The largest absolute Gasteiger partial charge is 0.367 e. The first-order valence-corrected chi connectivity index (χ1v) is 7.83. The lowest BCUT2D eigenvalue weighted by Gasteiger charge is -2.49. The quantitative estimate of drug-likeness (QED) is 0.803. The van der Waals surface area contributed by atoms with Gasteiger partial charge in [0.25, 0.3) is 0 Å². The van der Waals surface area contributed by atoms with E-state index >= 15 is 0 Å². The predicted molar refractivity (Wildman–Crippen MR) is 82.7 cm³/mol. The molecule has 0 spiro atoms. The second-order valence-electron chi connectivity index (χ2n) is 7.47. The van der Waals surface area contributed by atoms with Crippen LogP contribution >= 0.6 is 0 Å². The van der Waals surface area contributed by atoms with Gasteiger partial charge in [-0.15, -0.1) is 0 Å². The van der Waals surface area contributed by atoms with E-state index in [-0.39, 0.29) is 11.2 Å². The Labute approximate surface area is 120 Å². The zero-order chi connectivity index (χ0) is 14.7. The lowest BCUT2D eigenvalue weighted by molar-refractivity contribution is -0.186. The molecule has 0 bridgehead atoms. The molecule has 1 rings (SSSR count). The van der Waals surface area contributed by atoms with Gasteiger partial charge in [0.1, 0.15) is 0 Å². The lowest BCUT2D eigenvalue weighted by atomic mass is 9.97. The summed E-state index contributed by atoms with van der Waals surface area (Å²) in [6.07, 6.45) is 2.51. The molecular weight excluding hydrogens is 236 g/mol. The number of ether oxygens (including phenoxy) is 1. The summed E-state index contributed by atoms with van der Waals surface area (Å²) in [6.45, 7) is 18.7. The Hall–Kier alpha value is -0.120. The highest BCUT2D eigenvalue weighted by molar-refractivity contribution is 4.91. The van der Waals surface area contributed by atoms with Crippen molar-refractivity contribution in [3.63, 3.8) is 0 Å². The topological polar surface area (TPSA) is 24.5 Å². The van der Waals surface area contributed by atoms with Gasteiger partial charge >= 0.3 is 0 Å². The monoisotopic (exact) mass is 270 g/mol. The van der Waals surface area contributed by atoms with Crippen molar-refractivity contribution < 1.29 is 4.74 Å². The minimum Gasteiger partial charge on any atom is -0.367 e. The summed E-state index contributed by atoms with van der Waals surface area (Å²) < 4.78 is 6.14. The van der Waals surface area contributed by atoms with Crippen molar-refractivity contribution in [3.05, 3.63) is 0 Å². The summed E-state index contributed by atoms with van der Waals surface area (Å²) in [7, 11) is 0. The van der Waals surface area contributed by atoms with Crippen LogP contribution in [0.25, 0.3) is 0 Å². The summed E-state index contributed by atoms with van der Waals surface area (Å²) in [5.41, 5.74) is -0.101. The molecule has 0 aromatic rings. The first-order chi connectivity index (χ1) is 8.65. The minimum absolute atomic E-state index is 0.0506. The summed E-state index contributed by atoms with van der Waals surface area (Å²) in [6, 6.07) is 1.18. The molecule has 2 unspecified atom stereocenters. The van der Waals surface area contributed by atoms with E-state index in [1.54, 1.807) is 0 Å². The molecule has 1 saturated heterocycles. The zero-order valence-corrected chi connectivity index (χ0v) is 14.0. The highest BCUT2D eigenvalue weighted by Crippen LogP contribution is 2.29. The number of nitrogens with one attached hydrogen (secondary N) is 1. The second-order valence-corrected chi connectivity index (χ2v) is 7.47. The Kier molecular flexibility index (Phi) is 5.84. The van der Waals surface area contributed by atoms with Crippen molar-refractivity contribution in [1.29, 1.82) is 0 Å².